The number of rotatable bonds is 5. The number of anilines is 1. The van der Waals surface area contributed by atoms with Crippen molar-refractivity contribution in [2.24, 2.45) is 0 Å². The topological polar surface area (TPSA) is 132 Å². The maximum Gasteiger partial charge on any atom is 0.413 e. The predicted octanol–water partition coefficient (Wildman–Crippen LogP) is 2.42. The van der Waals surface area contributed by atoms with Crippen molar-refractivity contribution in [3.63, 3.8) is 0 Å². The van der Waals surface area contributed by atoms with Crippen molar-refractivity contribution in [1.82, 2.24) is 9.55 Å². The van der Waals surface area contributed by atoms with Crippen molar-refractivity contribution in [2.75, 3.05) is 11.9 Å². The normalized spacial score (nSPS) is 31.8. The molecule has 1 amide bonds. The van der Waals surface area contributed by atoms with Gasteiger partial charge in [-0.2, -0.15) is 4.98 Å². The van der Waals surface area contributed by atoms with Crippen LogP contribution in [0.25, 0.3) is 0 Å². The van der Waals surface area contributed by atoms with E-state index in [1.807, 2.05) is 0 Å². The van der Waals surface area contributed by atoms with E-state index in [0.29, 0.717) is 0 Å². The first-order valence-electron chi connectivity index (χ1n) is 11.1. The van der Waals surface area contributed by atoms with Gasteiger partial charge in [-0.3, -0.25) is 9.88 Å². The second-order valence-electron chi connectivity index (χ2n) is 11.7. The average molecular weight is 484 g/mol. The summed E-state index contributed by atoms with van der Waals surface area (Å²) in [4.78, 5) is 28.4. The molecule has 0 radical (unpaired) electrons. The van der Waals surface area contributed by atoms with Crippen LogP contribution in [0.1, 0.15) is 54.5 Å². The Kier molecular flexibility index (Phi) is 6.16. The van der Waals surface area contributed by atoms with Gasteiger partial charge in [0.1, 0.15) is 40.9 Å². The number of hydrogen-bond donors (Lipinski definition) is 3. The number of nitrogens with zero attached hydrogens (tertiary/aromatic N) is 2. The minimum Gasteiger partial charge on any atom is -0.444 e. The zero-order valence-electron chi connectivity index (χ0n) is 20.9. The van der Waals surface area contributed by atoms with Gasteiger partial charge in [-0.15, -0.1) is 0 Å². The summed E-state index contributed by atoms with van der Waals surface area (Å²) in [5.74, 6) is 0.0247. The molecule has 2 fully saturated rings. The highest BCUT2D eigenvalue weighted by Crippen LogP contribution is 2.62. The molecule has 1 saturated heterocycles. The van der Waals surface area contributed by atoms with Gasteiger partial charge in [0.05, 0.1) is 6.61 Å². The quantitative estimate of drug-likeness (QED) is 0.544. The molecule has 2 heterocycles. The summed E-state index contributed by atoms with van der Waals surface area (Å²) in [7, 11) is -2.07. The molecule has 0 spiro atoms. The van der Waals surface area contributed by atoms with Crippen molar-refractivity contribution in [1.29, 1.82) is 0 Å². The number of carbonyl (C=O) groups excluding carboxylic acids is 1. The van der Waals surface area contributed by atoms with Gasteiger partial charge in [0.2, 0.25) is 0 Å². The Labute approximate surface area is 195 Å². The molecule has 11 heteroatoms. The molecule has 1 aromatic heterocycles. The largest absolute Gasteiger partial charge is 0.444 e. The average Bonchev–Trinajstić information content (AvgIpc) is 3.14. The van der Waals surface area contributed by atoms with Gasteiger partial charge in [-0.25, -0.2) is 9.59 Å². The summed E-state index contributed by atoms with van der Waals surface area (Å²) in [6, 6.07) is 0.627. The molecule has 0 bridgehead atoms. The van der Waals surface area contributed by atoms with Gasteiger partial charge in [-0.1, -0.05) is 20.8 Å². The van der Waals surface area contributed by atoms with Gasteiger partial charge in [-0.05, 0) is 51.9 Å². The third kappa shape index (κ3) is 4.61. The Morgan fingerprint density at radius 3 is 2.33 bits per heavy atom. The predicted molar refractivity (Wildman–Crippen MR) is 125 cm³/mol. The van der Waals surface area contributed by atoms with Crippen LogP contribution in [0.4, 0.5) is 10.6 Å². The van der Waals surface area contributed by atoms with E-state index in [-0.39, 0.29) is 17.5 Å². The Bertz CT molecular complexity index is 979. The fourth-order valence-electron chi connectivity index (χ4n) is 3.82. The van der Waals surface area contributed by atoms with Crippen molar-refractivity contribution in [3.8, 4) is 0 Å². The van der Waals surface area contributed by atoms with Crippen molar-refractivity contribution < 1.29 is 28.9 Å². The van der Waals surface area contributed by atoms with Gasteiger partial charge >= 0.3 is 11.8 Å². The number of amides is 1. The van der Waals surface area contributed by atoms with Gasteiger partial charge in [0, 0.05) is 6.20 Å². The van der Waals surface area contributed by atoms with Crippen LogP contribution in [-0.4, -0.2) is 69.8 Å². The molecule has 1 saturated carbocycles. The molecule has 33 heavy (non-hydrogen) atoms. The molecule has 1 unspecified atom stereocenters. The second kappa shape index (κ2) is 7.87. The maximum atomic E-state index is 12.6. The van der Waals surface area contributed by atoms with Crippen molar-refractivity contribution in [2.45, 2.75) is 102 Å². The Morgan fingerprint density at radius 1 is 1.27 bits per heavy atom. The lowest BCUT2D eigenvalue weighted by Gasteiger charge is -2.39. The summed E-state index contributed by atoms with van der Waals surface area (Å²) in [5.41, 5.74) is -4.66. The molecule has 3 N–H and O–H groups in total. The molecular weight excluding hydrogens is 446 g/mol. The van der Waals surface area contributed by atoms with Crippen LogP contribution in [0, 0.1) is 0 Å². The summed E-state index contributed by atoms with van der Waals surface area (Å²) >= 11 is 0. The number of nitrogens with one attached hydrogen (secondary N) is 1. The van der Waals surface area contributed by atoms with Crippen LogP contribution in [0.3, 0.4) is 0 Å². The van der Waals surface area contributed by atoms with Gasteiger partial charge in [0.15, 0.2) is 8.32 Å². The standard InChI is InChI=1S/C22H37N3O7Si/c1-19(2,3)32-18(27)24-14-10-11-25(17(26)23-14)15-16-22(15,29)21(7,28)13(31-16)12-30-33(8,9)20(4,5)6/h10-11,13,15-16,28-29H,12H2,1-9H3,(H,23,24,26,27)/t13-,15?,16+,21-,22+/m1/s1. The lowest BCUT2D eigenvalue weighted by atomic mass is 9.91. The number of carbonyl (C=O) groups is 1. The minimum absolute atomic E-state index is 0.00607. The zero-order chi connectivity index (χ0) is 25.2. The van der Waals surface area contributed by atoms with Gasteiger partial charge < -0.3 is 24.1 Å². The Balaban J connectivity index is 1.71. The highest BCUT2D eigenvalue weighted by molar-refractivity contribution is 6.74. The first kappa shape index (κ1) is 25.8. The van der Waals surface area contributed by atoms with E-state index < -0.39 is 55.2 Å². The zero-order valence-corrected chi connectivity index (χ0v) is 21.9. The second-order valence-corrected chi connectivity index (χ2v) is 16.5. The van der Waals surface area contributed by atoms with Crippen LogP contribution in [0.2, 0.25) is 18.1 Å². The first-order valence-corrected chi connectivity index (χ1v) is 14.1. The van der Waals surface area contributed by atoms with E-state index >= 15 is 0 Å². The smallest absolute Gasteiger partial charge is 0.413 e. The summed E-state index contributed by atoms with van der Waals surface area (Å²) in [5, 5.41) is 24.8. The van der Waals surface area contributed by atoms with Gasteiger partial charge in [0.25, 0.3) is 0 Å². The van der Waals surface area contributed by atoms with Crippen LogP contribution in [-0.2, 0) is 13.9 Å². The molecule has 1 aliphatic carbocycles. The Hall–Kier alpha value is -1.79. The van der Waals surface area contributed by atoms with E-state index in [1.54, 1.807) is 20.8 Å². The van der Waals surface area contributed by atoms with Crippen LogP contribution < -0.4 is 11.0 Å². The van der Waals surface area contributed by atoms with Crippen molar-refractivity contribution >= 4 is 20.2 Å². The lowest BCUT2D eigenvalue weighted by molar-refractivity contribution is -0.128. The van der Waals surface area contributed by atoms with E-state index in [9.17, 15) is 19.8 Å². The molecule has 186 valence electrons. The maximum absolute atomic E-state index is 12.6. The van der Waals surface area contributed by atoms with Crippen LogP contribution >= 0.6 is 0 Å². The highest BCUT2D eigenvalue weighted by Gasteiger charge is 2.82. The molecule has 2 aliphatic rings. The number of hydrogen-bond acceptors (Lipinski definition) is 8. The van der Waals surface area contributed by atoms with Crippen LogP contribution in [0.5, 0.6) is 0 Å². The third-order valence-electron chi connectivity index (χ3n) is 6.97. The first-order chi connectivity index (χ1) is 14.8. The monoisotopic (exact) mass is 483 g/mol. The molecule has 1 aliphatic heterocycles. The van der Waals surface area contributed by atoms with Crippen molar-refractivity contribution in [3.05, 3.63) is 22.7 Å². The lowest BCUT2D eigenvalue weighted by Crippen LogP contribution is -2.54. The number of aliphatic hydroxyl groups is 2. The minimum atomic E-state index is -2.07. The Morgan fingerprint density at radius 2 is 1.88 bits per heavy atom. The van der Waals surface area contributed by atoms with E-state index in [2.05, 4.69) is 44.2 Å². The highest BCUT2D eigenvalue weighted by atomic mass is 28.4. The fourth-order valence-corrected chi connectivity index (χ4v) is 4.82. The molecular formula is C22H37N3O7Si. The number of aromatic nitrogens is 2. The number of ether oxygens (including phenoxy) is 2. The number of fused-ring (bicyclic) bond motifs is 1. The molecule has 5 atom stereocenters. The summed E-state index contributed by atoms with van der Waals surface area (Å²) in [6.45, 7) is 17.4. The summed E-state index contributed by atoms with van der Waals surface area (Å²) in [6.07, 6.45) is -0.826. The SMILES string of the molecule is CC(C)(C)OC(=O)Nc1ccn(C2[C@@H]3O[C@H](CO[Si](C)(C)C(C)(C)C)[C@@](C)(O)[C@]23O)c(=O)n1. The van der Waals surface area contributed by atoms with Crippen LogP contribution in [0.15, 0.2) is 17.1 Å². The molecule has 3 rings (SSSR count). The molecule has 1 aromatic rings. The van der Waals surface area contributed by atoms with E-state index in [4.69, 9.17) is 13.9 Å². The van der Waals surface area contributed by atoms with E-state index in [1.165, 1.54) is 23.8 Å². The third-order valence-corrected chi connectivity index (χ3v) is 11.5. The molecule has 0 aromatic carbocycles. The fraction of sp³-hybridized carbons (Fsp3) is 0.773. The van der Waals surface area contributed by atoms with E-state index in [0.717, 1.165) is 0 Å². The molecule has 10 nitrogen and oxygen atoms in total. The summed E-state index contributed by atoms with van der Waals surface area (Å²) < 4.78 is 18.5.